The summed E-state index contributed by atoms with van der Waals surface area (Å²) < 4.78 is 0. The molecule has 0 fully saturated rings. The van der Waals surface area contributed by atoms with E-state index in [1.54, 1.807) is 55.5 Å². The van der Waals surface area contributed by atoms with Gasteiger partial charge in [0.2, 0.25) is 5.91 Å². The molecule has 0 saturated carbocycles. The van der Waals surface area contributed by atoms with Crippen LogP contribution in [-0.2, 0) is 4.79 Å². The van der Waals surface area contributed by atoms with Crippen LogP contribution in [0.5, 0.6) is 0 Å². The van der Waals surface area contributed by atoms with Crippen molar-refractivity contribution in [3.63, 3.8) is 0 Å². The average molecular weight is 288 g/mol. The van der Waals surface area contributed by atoms with E-state index in [1.807, 2.05) is 6.07 Å². The number of amides is 1. The smallest absolute Gasteiger partial charge is 0.242 e. The van der Waals surface area contributed by atoms with Crippen molar-refractivity contribution < 1.29 is 9.59 Å². The number of carbonyl (C=O) groups is 2. The van der Waals surface area contributed by atoms with Crippen molar-refractivity contribution in [2.24, 2.45) is 0 Å². The summed E-state index contributed by atoms with van der Waals surface area (Å²) in [6.07, 6.45) is 0. The Morgan fingerprint density at radius 2 is 1.60 bits per heavy atom. The highest BCUT2D eigenvalue weighted by atomic mass is 35.5. The summed E-state index contributed by atoms with van der Waals surface area (Å²) in [5.74, 6) is -0.469. The highest BCUT2D eigenvalue weighted by molar-refractivity contribution is 6.32. The zero-order valence-electron chi connectivity index (χ0n) is 11.0. The Labute approximate surface area is 122 Å². The van der Waals surface area contributed by atoms with Gasteiger partial charge in [-0.2, -0.15) is 0 Å². The fourth-order valence-corrected chi connectivity index (χ4v) is 1.82. The van der Waals surface area contributed by atoms with E-state index in [0.29, 0.717) is 16.8 Å². The van der Waals surface area contributed by atoms with Crippen molar-refractivity contribution >= 4 is 29.0 Å². The van der Waals surface area contributed by atoms with Gasteiger partial charge < -0.3 is 5.32 Å². The summed E-state index contributed by atoms with van der Waals surface area (Å²) >= 11 is 5.73. The van der Waals surface area contributed by atoms with Gasteiger partial charge in [-0.15, -0.1) is 11.6 Å². The van der Waals surface area contributed by atoms with Crippen LogP contribution in [0.25, 0.3) is 0 Å². The third kappa shape index (κ3) is 3.25. The molecule has 0 radical (unpaired) electrons. The number of hydrogen-bond donors (Lipinski definition) is 1. The molecular weight excluding hydrogens is 274 g/mol. The highest BCUT2D eigenvalue weighted by Crippen LogP contribution is 2.19. The molecule has 2 aromatic carbocycles. The first-order valence-corrected chi connectivity index (χ1v) is 6.67. The van der Waals surface area contributed by atoms with E-state index < -0.39 is 5.38 Å². The van der Waals surface area contributed by atoms with Gasteiger partial charge in [-0.05, 0) is 19.1 Å². The van der Waals surface area contributed by atoms with Crippen molar-refractivity contribution in [3.05, 3.63) is 65.7 Å². The summed E-state index contributed by atoms with van der Waals surface area (Å²) in [7, 11) is 0. The minimum absolute atomic E-state index is 0.135. The van der Waals surface area contributed by atoms with E-state index in [1.165, 1.54) is 0 Å². The molecule has 3 nitrogen and oxygen atoms in total. The van der Waals surface area contributed by atoms with Crippen molar-refractivity contribution in [2.45, 2.75) is 12.3 Å². The average Bonchev–Trinajstić information content (AvgIpc) is 2.48. The molecule has 1 amide bonds. The molecule has 20 heavy (non-hydrogen) atoms. The number of carbonyl (C=O) groups excluding carboxylic acids is 2. The number of nitrogens with one attached hydrogen (secondary N) is 1. The van der Waals surface area contributed by atoms with Crippen LogP contribution in [0.4, 0.5) is 5.69 Å². The van der Waals surface area contributed by atoms with Crippen LogP contribution in [0.3, 0.4) is 0 Å². The molecule has 102 valence electrons. The summed E-state index contributed by atoms with van der Waals surface area (Å²) in [5, 5.41) is 2.01. The van der Waals surface area contributed by atoms with Gasteiger partial charge in [0.15, 0.2) is 5.78 Å². The normalized spacial score (nSPS) is 11.7. The van der Waals surface area contributed by atoms with Crippen LogP contribution >= 0.6 is 11.6 Å². The number of benzene rings is 2. The fraction of sp³-hybridized carbons (Fsp3) is 0.125. The summed E-state index contributed by atoms with van der Waals surface area (Å²) in [6.45, 7) is 1.58. The molecule has 2 aromatic rings. The van der Waals surface area contributed by atoms with E-state index >= 15 is 0 Å². The first-order chi connectivity index (χ1) is 9.59. The number of hydrogen-bond acceptors (Lipinski definition) is 2. The molecule has 4 heteroatoms. The molecule has 0 saturated heterocycles. The van der Waals surface area contributed by atoms with Crippen LogP contribution in [0.1, 0.15) is 22.8 Å². The van der Waals surface area contributed by atoms with Gasteiger partial charge in [-0.25, -0.2) is 0 Å². The third-order valence-electron chi connectivity index (χ3n) is 2.83. The van der Waals surface area contributed by atoms with Gasteiger partial charge in [0.1, 0.15) is 5.38 Å². The summed E-state index contributed by atoms with van der Waals surface area (Å²) in [4.78, 5) is 24.1. The van der Waals surface area contributed by atoms with Crippen molar-refractivity contribution in [1.29, 1.82) is 0 Å². The molecule has 0 spiro atoms. The lowest BCUT2D eigenvalue weighted by Crippen LogP contribution is -2.21. The molecule has 1 unspecified atom stereocenters. The zero-order valence-corrected chi connectivity index (χ0v) is 11.7. The lowest BCUT2D eigenvalue weighted by molar-refractivity contribution is -0.115. The van der Waals surface area contributed by atoms with Crippen molar-refractivity contribution in [1.82, 2.24) is 0 Å². The second-order valence-corrected chi connectivity index (χ2v) is 5.00. The van der Waals surface area contributed by atoms with E-state index in [-0.39, 0.29) is 11.7 Å². The van der Waals surface area contributed by atoms with Crippen LogP contribution in [0, 0.1) is 0 Å². The molecule has 0 heterocycles. The molecule has 2 rings (SSSR count). The molecule has 1 N–H and O–H groups in total. The topological polar surface area (TPSA) is 46.2 Å². The van der Waals surface area contributed by atoms with E-state index in [0.717, 1.165) is 0 Å². The van der Waals surface area contributed by atoms with Gasteiger partial charge in [-0.1, -0.05) is 42.5 Å². The number of ketones is 1. The Morgan fingerprint density at radius 3 is 2.25 bits per heavy atom. The zero-order chi connectivity index (χ0) is 14.5. The molecule has 0 bridgehead atoms. The largest absolute Gasteiger partial charge is 0.324 e. The Hall–Kier alpha value is -2.13. The monoisotopic (exact) mass is 287 g/mol. The first kappa shape index (κ1) is 14.3. The molecule has 0 aliphatic carbocycles. The number of alkyl halides is 1. The minimum Gasteiger partial charge on any atom is -0.324 e. The number of halogens is 1. The van der Waals surface area contributed by atoms with E-state index in [4.69, 9.17) is 11.6 Å². The van der Waals surface area contributed by atoms with Gasteiger partial charge in [-0.3, -0.25) is 9.59 Å². The SMILES string of the molecule is CC(Cl)C(=O)Nc1ccccc1C(=O)c1ccccc1. The lowest BCUT2D eigenvalue weighted by Gasteiger charge is -2.11. The summed E-state index contributed by atoms with van der Waals surface area (Å²) in [6, 6.07) is 15.8. The van der Waals surface area contributed by atoms with Crippen LogP contribution in [0.15, 0.2) is 54.6 Å². The Morgan fingerprint density at radius 1 is 1.00 bits per heavy atom. The van der Waals surface area contributed by atoms with Gasteiger partial charge in [0.05, 0.1) is 5.69 Å². The predicted octanol–water partition coefficient (Wildman–Crippen LogP) is 3.48. The second kappa shape index (κ2) is 6.35. The van der Waals surface area contributed by atoms with Crippen LogP contribution < -0.4 is 5.32 Å². The maximum absolute atomic E-state index is 12.4. The Balaban J connectivity index is 2.33. The molecule has 0 aromatic heterocycles. The molecule has 0 aliphatic heterocycles. The maximum Gasteiger partial charge on any atom is 0.242 e. The highest BCUT2D eigenvalue weighted by Gasteiger charge is 2.16. The third-order valence-corrected chi connectivity index (χ3v) is 3.03. The number of rotatable bonds is 4. The quantitative estimate of drug-likeness (QED) is 0.691. The Bertz CT molecular complexity index is 623. The van der Waals surface area contributed by atoms with Crippen molar-refractivity contribution in [2.75, 3.05) is 5.32 Å². The van der Waals surface area contributed by atoms with Gasteiger partial charge >= 0.3 is 0 Å². The molecule has 1 atom stereocenters. The van der Waals surface area contributed by atoms with Crippen LogP contribution in [-0.4, -0.2) is 17.1 Å². The standard InChI is InChI=1S/C16H14ClNO2/c1-11(17)16(20)18-14-10-6-5-9-13(14)15(19)12-7-3-2-4-8-12/h2-11H,1H3,(H,18,20). The maximum atomic E-state index is 12.4. The van der Waals surface area contributed by atoms with Gasteiger partial charge in [0.25, 0.3) is 0 Å². The minimum atomic E-state index is -0.658. The number of anilines is 1. The predicted molar refractivity (Wildman–Crippen MR) is 80.3 cm³/mol. The van der Waals surface area contributed by atoms with Crippen LogP contribution in [0.2, 0.25) is 0 Å². The lowest BCUT2D eigenvalue weighted by atomic mass is 10.0. The molecular formula is C16H14ClNO2. The number of para-hydroxylation sites is 1. The second-order valence-electron chi connectivity index (χ2n) is 4.35. The van der Waals surface area contributed by atoms with Crippen molar-refractivity contribution in [3.8, 4) is 0 Å². The van der Waals surface area contributed by atoms with E-state index in [9.17, 15) is 9.59 Å². The first-order valence-electron chi connectivity index (χ1n) is 6.23. The Kier molecular flexibility index (Phi) is 4.53. The fourth-order valence-electron chi connectivity index (χ4n) is 1.77. The molecule has 0 aliphatic rings. The van der Waals surface area contributed by atoms with E-state index in [2.05, 4.69) is 5.32 Å². The summed E-state index contributed by atoms with van der Waals surface area (Å²) in [5.41, 5.74) is 1.50. The van der Waals surface area contributed by atoms with Gasteiger partial charge in [0, 0.05) is 11.1 Å².